The standard InChI is InChI=1S/C19H24N4OS.ClH/c1-13(24)23(16-7-8-16)19-21-15(12-25-19)9-22-10-17(18(20)11-22)14-5-3-2-4-6-14;/h2-6,12,16-18H,7-11,20H2,1H3;1H/t17-,18+;/m0./s1. The highest BCUT2D eigenvalue weighted by Crippen LogP contribution is 2.34. The van der Waals surface area contributed by atoms with Gasteiger partial charge in [-0.1, -0.05) is 30.3 Å². The van der Waals surface area contributed by atoms with Gasteiger partial charge in [0, 0.05) is 49.9 Å². The van der Waals surface area contributed by atoms with Crippen molar-refractivity contribution in [3.8, 4) is 0 Å². The number of aromatic nitrogens is 1. The molecule has 1 aliphatic heterocycles. The van der Waals surface area contributed by atoms with E-state index in [1.165, 1.54) is 5.56 Å². The van der Waals surface area contributed by atoms with Crippen molar-refractivity contribution >= 4 is 34.8 Å². The van der Waals surface area contributed by atoms with Gasteiger partial charge in [-0.25, -0.2) is 4.98 Å². The first kappa shape index (κ1) is 19.3. The molecule has 4 rings (SSSR count). The van der Waals surface area contributed by atoms with Crippen LogP contribution in [0.1, 0.15) is 36.9 Å². The molecule has 1 saturated heterocycles. The Bertz CT molecular complexity index is 749. The number of likely N-dealkylation sites (tertiary alicyclic amines) is 1. The van der Waals surface area contributed by atoms with Crippen molar-refractivity contribution in [3.05, 3.63) is 47.0 Å². The number of hydrogen-bond donors (Lipinski definition) is 1. The molecule has 2 aliphatic rings. The average Bonchev–Trinajstić information content (AvgIpc) is 3.20. The summed E-state index contributed by atoms with van der Waals surface area (Å²) in [5.74, 6) is 0.468. The lowest BCUT2D eigenvalue weighted by molar-refractivity contribution is -0.116. The Morgan fingerprint density at radius 3 is 2.69 bits per heavy atom. The molecule has 0 bridgehead atoms. The SMILES string of the molecule is CC(=O)N(c1nc(CN2C[C@@H](N)[C@H](c3ccccc3)C2)cs1)C1CC1.Cl. The van der Waals surface area contributed by atoms with Crippen LogP contribution in [0.4, 0.5) is 5.13 Å². The molecule has 0 unspecified atom stereocenters. The number of nitrogens with two attached hydrogens (primary N) is 1. The lowest BCUT2D eigenvalue weighted by Crippen LogP contribution is -2.30. The molecular weight excluding hydrogens is 368 g/mol. The van der Waals surface area contributed by atoms with Crippen LogP contribution in [0.5, 0.6) is 0 Å². The van der Waals surface area contributed by atoms with E-state index < -0.39 is 0 Å². The molecular formula is C19H25ClN4OS. The van der Waals surface area contributed by atoms with Crippen LogP contribution in [0.25, 0.3) is 0 Å². The van der Waals surface area contributed by atoms with Gasteiger partial charge in [0.1, 0.15) is 0 Å². The highest BCUT2D eigenvalue weighted by molar-refractivity contribution is 7.14. The Kier molecular flexibility index (Phi) is 5.97. The summed E-state index contributed by atoms with van der Waals surface area (Å²) in [6, 6.07) is 11.0. The third kappa shape index (κ3) is 4.09. The van der Waals surface area contributed by atoms with Gasteiger partial charge in [0.2, 0.25) is 5.91 Å². The zero-order chi connectivity index (χ0) is 17.4. The fraction of sp³-hybridized carbons (Fsp3) is 0.474. The van der Waals surface area contributed by atoms with Crippen molar-refractivity contribution in [1.29, 1.82) is 0 Å². The van der Waals surface area contributed by atoms with Crippen molar-refractivity contribution in [2.75, 3.05) is 18.0 Å². The highest BCUT2D eigenvalue weighted by Gasteiger charge is 2.34. The Morgan fingerprint density at radius 1 is 1.31 bits per heavy atom. The van der Waals surface area contributed by atoms with Crippen molar-refractivity contribution in [3.63, 3.8) is 0 Å². The van der Waals surface area contributed by atoms with Gasteiger partial charge in [-0.05, 0) is 18.4 Å². The van der Waals surface area contributed by atoms with Crippen molar-refractivity contribution in [2.45, 2.75) is 44.3 Å². The number of carbonyl (C=O) groups excluding carboxylic acids is 1. The number of benzene rings is 1. The van der Waals surface area contributed by atoms with E-state index in [0.29, 0.717) is 12.0 Å². The van der Waals surface area contributed by atoms with Crippen LogP contribution in [0.3, 0.4) is 0 Å². The fourth-order valence-corrected chi connectivity index (χ4v) is 4.61. The summed E-state index contributed by atoms with van der Waals surface area (Å²) in [6.07, 6.45) is 2.18. The average molecular weight is 393 g/mol. The van der Waals surface area contributed by atoms with E-state index in [-0.39, 0.29) is 24.4 Å². The van der Waals surface area contributed by atoms with Gasteiger partial charge in [-0.15, -0.1) is 23.7 Å². The second-order valence-electron chi connectivity index (χ2n) is 7.12. The summed E-state index contributed by atoms with van der Waals surface area (Å²) in [6.45, 7) is 4.26. The van der Waals surface area contributed by atoms with Crippen molar-refractivity contribution < 1.29 is 4.79 Å². The predicted molar refractivity (Wildman–Crippen MR) is 108 cm³/mol. The maximum Gasteiger partial charge on any atom is 0.225 e. The smallest absolute Gasteiger partial charge is 0.225 e. The molecule has 140 valence electrons. The van der Waals surface area contributed by atoms with Crippen LogP contribution in [0.2, 0.25) is 0 Å². The number of anilines is 1. The molecule has 2 heterocycles. The van der Waals surface area contributed by atoms with Gasteiger partial charge in [0.25, 0.3) is 0 Å². The van der Waals surface area contributed by atoms with Gasteiger partial charge in [-0.2, -0.15) is 0 Å². The van der Waals surface area contributed by atoms with Crippen molar-refractivity contribution in [2.24, 2.45) is 5.73 Å². The minimum absolute atomic E-state index is 0. The summed E-state index contributed by atoms with van der Waals surface area (Å²) in [5.41, 5.74) is 8.73. The fourth-order valence-electron chi connectivity index (χ4n) is 3.68. The van der Waals surface area contributed by atoms with E-state index in [1.54, 1.807) is 18.3 Å². The number of thiazole rings is 1. The molecule has 2 N–H and O–H groups in total. The molecule has 5 nitrogen and oxygen atoms in total. The molecule has 1 aromatic heterocycles. The minimum atomic E-state index is 0. The Hall–Kier alpha value is -1.47. The summed E-state index contributed by atoms with van der Waals surface area (Å²) in [7, 11) is 0. The first-order chi connectivity index (χ1) is 12.1. The predicted octanol–water partition coefficient (Wildman–Crippen LogP) is 3.01. The zero-order valence-corrected chi connectivity index (χ0v) is 16.5. The van der Waals surface area contributed by atoms with Gasteiger partial charge in [0.15, 0.2) is 5.13 Å². The summed E-state index contributed by atoms with van der Waals surface area (Å²) < 4.78 is 0. The minimum Gasteiger partial charge on any atom is -0.326 e. The third-order valence-electron chi connectivity index (χ3n) is 5.05. The summed E-state index contributed by atoms with van der Waals surface area (Å²) in [4.78, 5) is 20.8. The molecule has 1 aliphatic carbocycles. The molecule has 2 atom stereocenters. The molecule has 1 amide bonds. The maximum absolute atomic E-state index is 11.9. The normalized spacial score (nSPS) is 22.8. The number of nitrogens with zero attached hydrogens (tertiary/aromatic N) is 3. The Balaban J connectivity index is 0.00000196. The van der Waals surface area contributed by atoms with Crippen LogP contribution in [-0.4, -0.2) is 41.0 Å². The molecule has 0 radical (unpaired) electrons. The van der Waals surface area contributed by atoms with Crippen LogP contribution in [-0.2, 0) is 11.3 Å². The molecule has 2 aromatic rings. The third-order valence-corrected chi connectivity index (χ3v) is 5.94. The molecule has 1 saturated carbocycles. The molecule has 1 aromatic carbocycles. The quantitative estimate of drug-likeness (QED) is 0.849. The van der Waals surface area contributed by atoms with Crippen LogP contribution >= 0.6 is 23.7 Å². The number of hydrogen-bond acceptors (Lipinski definition) is 5. The number of halogens is 1. The number of rotatable bonds is 5. The second kappa shape index (κ2) is 8.05. The maximum atomic E-state index is 11.9. The summed E-state index contributed by atoms with van der Waals surface area (Å²) in [5, 5.41) is 2.92. The highest BCUT2D eigenvalue weighted by atomic mass is 35.5. The van der Waals surface area contributed by atoms with E-state index in [0.717, 1.165) is 43.3 Å². The van der Waals surface area contributed by atoms with E-state index in [2.05, 4.69) is 34.5 Å². The van der Waals surface area contributed by atoms with Gasteiger partial charge in [0.05, 0.1) is 5.69 Å². The largest absolute Gasteiger partial charge is 0.326 e. The summed E-state index contributed by atoms with van der Waals surface area (Å²) >= 11 is 1.57. The lowest BCUT2D eigenvalue weighted by atomic mass is 9.95. The Morgan fingerprint density at radius 2 is 2.04 bits per heavy atom. The van der Waals surface area contributed by atoms with Crippen LogP contribution in [0.15, 0.2) is 35.7 Å². The van der Waals surface area contributed by atoms with Crippen molar-refractivity contribution in [1.82, 2.24) is 9.88 Å². The molecule has 0 spiro atoms. The van der Waals surface area contributed by atoms with E-state index >= 15 is 0 Å². The van der Waals surface area contributed by atoms with Gasteiger partial charge < -0.3 is 5.73 Å². The van der Waals surface area contributed by atoms with E-state index in [4.69, 9.17) is 10.7 Å². The van der Waals surface area contributed by atoms with E-state index in [9.17, 15) is 4.79 Å². The Labute approximate surface area is 164 Å². The monoisotopic (exact) mass is 392 g/mol. The van der Waals surface area contributed by atoms with Gasteiger partial charge >= 0.3 is 0 Å². The first-order valence-electron chi connectivity index (χ1n) is 8.89. The van der Waals surface area contributed by atoms with Gasteiger partial charge in [-0.3, -0.25) is 14.6 Å². The zero-order valence-electron chi connectivity index (χ0n) is 14.9. The number of amides is 1. The van der Waals surface area contributed by atoms with E-state index in [1.807, 2.05) is 11.0 Å². The lowest BCUT2D eigenvalue weighted by Gasteiger charge is -2.17. The molecule has 7 heteroatoms. The molecule has 26 heavy (non-hydrogen) atoms. The second-order valence-corrected chi connectivity index (χ2v) is 7.95. The molecule has 2 fully saturated rings. The van der Waals surface area contributed by atoms with Crippen LogP contribution < -0.4 is 10.6 Å². The first-order valence-corrected chi connectivity index (χ1v) is 9.77. The topological polar surface area (TPSA) is 62.5 Å². The number of carbonyl (C=O) groups is 1. The van der Waals surface area contributed by atoms with Crippen LogP contribution in [0, 0.1) is 0 Å².